The molecule has 0 aliphatic carbocycles. The van der Waals surface area contributed by atoms with Gasteiger partial charge in [0.1, 0.15) is 35.6 Å². The molecule has 16 nitrogen and oxygen atoms in total. The number of alkyl halides is 3. The molecule has 4 amide bonds. The summed E-state index contributed by atoms with van der Waals surface area (Å²) in [5.74, 6) is -1.66. The monoisotopic (exact) mass is 995 g/mol. The van der Waals surface area contributed by atoms with Crippen LogP contribution in [0.25, 0.3) is 32.6 Å². The summed E-state index contributed by atoms with van der Waals surface area (Å²) in [6.45, 7) is 10.2. The molecule has 2 aliphatic heterocycles. The van der Waals surface area contributed by atoms with Crippen molar-refractivity contribution in [2.75, 3.05) is 36.9 Å². The number of aryl methyl sites for hydroxylation is 1. The highest BCUT2D eigenvalue weighted by molar-refractivity contribution is 7.13. The number of hydrogen-bond acceptors (Lipinski definition) is 12. The number of anilines is 2. The average Bonchev–Trinajstić information content (AvgIpc) is 4.12. The van der Waals surface area contributed by atoms with Crippen molar-refractivity contribution in [2.24, 2.45) is 5.41 Å². The molecule has 374 valence electrons. The van der Waals surface area contributed by atoms with E-state index in [-0.39, 0.29) is 56.8 Å². The second-order valence-electron chi connectivity index (χ2n) is 18.9. The minimum absolute atomic E-state index is 0.0447. The molecular formula is C51H56F3N9O7S. The number of carbonyl (C=O) groups excluding carboxylic acids is 4. The van der Waals surface area contributed by atoms with Crippen molar-refractivity contribution >= 4 is 57.5 Å². The molecule has 0 radical (unpaired) electrons. The number of nitrogens with two attached hydrogens (primary N) is 1. The molecule has 4 atom stereocenters. The highest BCUT2D eigenvalue weighted by Crippen LogP contribution is 2.38. The number of aliphatic hydroxyl groups is 1. The Morgan fingerprint density at radius 1 is 0.972 bits per heavy atom. The van der Waals surface area contributed by atoms with Crippen LogP contribution in [0, 0.1) is 12.3 Å². The number of β-amino-alcohol motifs (C(OH)–C–C–N with tert-alkyl or cyclic N) is 1. The Morgan fingerprint density at radius 2 is 1.73 bits per heavy atom. The van der Waals surface area contributed by atoms with E-state index >= 15 is 0 Å². The SMILES string of the molecule is Cc1ncsc1-c1ccc([C@H](C)NC(=O)[C@@H]2C[C@@H](O)CN2C(=O)[C@@H](NC(=O)CCOCCn2cc(-c3ccc4c(c3)CCN4C(=O)Cc3cccc(OC(F)(F)F)c3)c3c(N)ncnc32)C(C)(C)C)cc1. The lowest BCUT2D eigenvalue weighted by Crippen LogP contribution is -2.58. The van der Waals surface area contributed by atoms with E-state index in [4.69, 9.17) is 10.5 Å². The molecule has 5 heterocycles. The number of nitrogens with one attached hydrogen (secondary N) is 2. The first-order valence-electron chi connectivity index (χ1n) is 23.3. The van der Waals surface area contributed by atoms with Crippen LogP contribution >= 0.6 is 11.3 Å². The molecule has 1 fully saturated rings. The summed E-state index contributed by atoms with van der Waals surface area (Å²) in [4.78, 5) is 71.9. The third-order valence-electron chi connectivity index (χ3n) is 12.8. The minimum Gasteiger partial charge on any atom is -0.406 e. The Hall–Kier alpha value is -6.90. The highest BCUT2D eigenvalue weighted by atomic mass is 32.1. The molecule has 0 spiro atoms. The van der Waals surface area contributed by atoms with Gasteiger partial charge in [-0.25, -0.2) is 15.0 Å². The summed E-state index contributed by atoms with van der Waals surface area (Å²) in [6, 6.07) is 16.6. The quantitative estimate of drug-likeness (QED) is 0.0733. The van der Waals surface area contributed by atoms with Crippen molar-refractivity contribution in [1.29, 1.82) is 0 Å². The van der Waals surface area contributed by atoms with Crippen molar-refractivity contribution in [3.63, 3.8) is 0 Å². The van der Waals surface area contributed by atoms with Crippen molar-refractivity contribution in [1.82, 2.24) is 35.1 Å². The van der Waals surface area contributed by atoms with Crippen LogP contribution in [-0.4, -0.2) is 104 Å². The summed E-state index contributed by atoms with van der Waals surface area (Å²) < 4.78 is 50.2. The van der Waals surface area contributed by atoms with Gasteiger partial charge in [0, 0.05) is 49.9 Å². The van der Waals surface area contributed by atoms with Gasteiger partial charge in [0.05, 0.1) is 53.2 Å². The zero-order valence-electron chi connectivity index (χ0n) is 40.0. The van der Waals surface area contributed by atoms with Crippen LogP contribution < -0.4 is 26.0 Å². The predicted octanol–water partition coefficient (Wildman–Crippen LogP) is 6.92. The number of benzene rings is 3. The van der Waals surface area contributed by atoms with Gasteiger partial charge in [-0.3, -0.25) is 19.2 Å². The van der Waals surface area contributed by atoms with Gasteiger partial charge >= 0.3 is 6.36 Å². The normalized spacial score (nSPS) is 16.7. The summed E-state index contributed by atoms with van der Waals surface area (Å²) >= 11 is 1.56. The van der Waals surface area contributed by atoms with Crippen molar-refractivity contribution in [3.8, 4) is 27.3 Å². The van der Waals surface area contributed by atoms with E-state index in [1.807, 2.05) is 87.8 Å². The molecule has 3 aromatic carbocycles. The standard InChI is InChI=1S/C51H56F3N9O7S/c1-29(32-9-11-33(12-10-32)44-30(2)58-28-71-44)59-48(67)40-24-36(64)25-63(40)49(68)45(50(3,4)5)60-41(65)16-19-69-20-18-61-26-38(43-46(55)56-27-57-47(43)61)34-13-14-39-35(23-34)15-17-62(39)42(66)22-31-7-6-8-37(21-31)70-51(52,53)54/h6-14,21,23,26-29,36,40,45,64H,15-20,22,24-25H2,1-5H3,(H,59,67)(H,60,65)(H2,55,56,57)/t29-,36+,40-,45+/m0/s1. The lowest BCUT2D eigenvalue weighted by Gasteiger charge is -2.35. The van der Waals surface area contributed by atoms with Gasteiger partial charge in [-0.2, -0.15) is 0 Å². The topological polar surface area (TPSA) is 207 Å². The molecule has 71 heavy (non-hydrogen) atoms. The summed E-state index contributed by atoms with van der Waals surface area (Å²) in [7, 11) is 0. The molecule has 0 unspecified atom stereocenters. The van der Waals surface area contributed by atoms with Crippen LogP contribution in [0.1, 0.15) is 69.0 Å². The number of hydrogen-bond donors (Lipinski definition) is 4. The first kappa shape index (κ1) is 50.5. The van der Waals surface area contributed by atoms with Crippen LogP contribution in [0.3, 0.4) is 0 Å². The zero-order valence-corrected chi connectivity index (χ0v) is 40.8. The Balaban J connectivity index is 0.854. The molecule has 8 rings (SSSR count). The van der Waals surface area contributed by atoms with Crippen LogP contribution in [0.5, 0.6) is 5.75 Å². The minimum atomic E-state index is -4.85. The molecule has 2 aliphatic rings. The molecule has 20 heteroatoms. The number of fused-ring (bicyclic) bond motifs is 2. The number of halogens is 3. The third kappa shape index (κ3) is 11.7. The molecule has 5 N–H and O–H groups in total. The summed E-state index contributed by atoms with van der Waals surface area (Å²) in [5, 5.41) is 17.2. The van der Waals surface area contributed by atoms with Gasteiger partial charge in [0.2, 0.25) is 23.6 Å². The number of nitrogen functional groups attached to an aromatic ring is 1. The maximum Gasteiger partial charge on any atom is 0.573 e. The van der Waals surface area contributed by atoms with Gasteiger partial charge in [-0.1, -0.05) is 63.2 Å². The van der Waals surface area contributed by atoms with Gasteiger partial charge in [0.25, 0.3) is 0 Å². The van der Waals surface area contributed by atoms with Gasteiger partial charge in [0.15, 0.2) is 0 Å². The Kier molecular flexibility index (Phi) is 14.8. The van der Waals surface area contributed by atoms with Gasteiger partial charge in [-0.05, 0) is 77.8 Å². The number of nitrogens with zero attached hydrogens (tertiary/aromatic N) is 6. The Bertz CT molecular complexity index is 2940. The van der Waals surface area contributed by atoms with Crippen molar-refractivity contribution in [2.45, 2.75) is 97.4 Å². The van der Waals surface area contributed by atoms with Crippen molar-refractivity contribution in [3.05, 3.63) is 107 Å². The van der Waals surface area contributed by atoms with E-state index < -0.39 is 53.4 Å². The van der Waals surface area contributed by atoms with Gasteiger partial charge < -0.3 is 45.3 Å². The lowest BCUT2D eigenvalue weighted by molar-refractivity contribution is -0.274. The maximum absolute atomic E-state index is 14.2. The number of carbonyl (C=O) groups is 4. The molecule has 3 aromatic heterocycles. The van der Waals surface area contributed by atoms with Crippen LogP contribution in [0.2, 0.25) is 0 Å². The highest BCUT2D eigenvalue weighted by Gasteiger charge is 2.45. The number of aliphatic hydroxyl groups excluding tert-OH is 1. The van der Waals surface area contributed by atoms with Crippen LogP contribution in [0.4, 0.5) is 24.7 Å². The van der Waals surface area contributed by atoms with Gasteiger partial charge in [-0.15, -0.1) is 24.5 Å². The van der Waals surface area contributed by atoms with E-state index in [1.54, 1.807) is 27.8 Å². The Morgan fingerprint density at radius 3 is 2.45 bits per heavy atom. The lowest BCUT2D eigenvalue weighted by atomic mass is 9.85. The van der Waals surface area contributed by atoms with Crippen LogP contribution in [0.15, 0.2) is 84.8 Å². The van der Waals surface area contributed by atoms with E-state index in [0.717, 1.165) is 38.4 Å². The zero-order chi connectivity index (χ0) is 50.8. The molecule has 1 saturated heterocycles. The average molecular weight is 996 g/mol. The smallest absolute Gasteiger partial charge is 0.406 e. The first-order valence-corrected chi connectivity index (χ1v) is 24.2. The number of ether oxygens (including phenoxy) is 2. The third-order valence-corrected chi connectivity index (χ3v) is 13.7. The molecule has 0 saturated carbocycles. The Labute approximate surface area is 412 Å². The number of aromatic nitrogens is 4. The molecule has 6 aromatic rings. The molecule has 0 bridgehead atoms. The summed E-state index contributed by atoms with van der Waals surface area (Å²) in [6.07, 6.45) is -2.03. The first-order chi connectivity index (χ1) is 33.7. The van der Waals surface area contributed by atoms with E-state index in [9.17, 15) is 37.5 Å². The number of thiazole rings is 1. The predicted molar refractivity (Wildman–Crippen MR) is 262 cm³/mol. The maximum atomic E-state index is 14.2. The van der Waals surface area contributed by atoms with Crippen LogP contribution in [-0.2, 0) is 43.3 Å². The summed E-state index contributed by atoms with van der Waals surface area (Å²) in [5.41, 5.74) is 14.5. The number of likely N-dealkylation sites (tertiary alicyclic amines) is 1. The fourth-order valence-corrected chi connectivity index (χ4v) is 9.98. The second kappa shape index (κ2) is 20.8. The van der Waals surface area contributed by atoms with Crippen molar-refractivity contribution < 1.29 is 46.9 Å². The van der Waals surface area contributed by atoms with E-state index in [1.165, 1.54) is 29.4 Å². The molecular weight excluding hydrogens is 940 g/mol. The number of amides is 4. The second-order valence-corrected chi connectivity index (χ2v) is 19.8. The van der Waals surface area contributed by atoms with E-state index in [0.29, 0.717) is 41.8 Å². The fraction of sp³-hybridized carbons (Fsp3) is 0.392. The van der Waals surface area contributed by atoms with E-state index in [2.05, 4.69) is 30.3 Å². The largest absolute Gasteiger partial charge is 0.573 e. The number of rotatable bonds is 16. The fourth-order valence-electron chi connectivity index (χ4n) is 9.17.